The summed E-state index contributed by atoms with van der Waals surface area (Å²) in [6, 6.07) is 5.81. The molecule has 2 N–H and O–H groups in total. The summed E-state index contributed by atoms with van der Waals surface area (Å²) in [6.45, 7) is 2.19. The lowest BCUT2D eigenvalue weighted by Crippen LogP contribution is -2.36. The zero-order chi connectivity index (χ0) is 17.2. The molecule has 2 heterocycles. The van der Waals surface area contributed by atoms with Gasteiger partial charge in [0.2, 0.25) is 5.88 Å². The maximum absolute atomic E-state index is 5.63. The maximum atomic E-state index is 5.63. The highest BCUT2D eigenvalue weighted by molar-refractivity contribution is 14.0. The fourth-order valence-electron chi connectivity index (χ4n) is 2.06. The lowest BCUT2D eigenvalue weighted by Gasteiger charge is -2.14. The van der Waals surface area contributed by atoms with E-state index in [9.17, 15) is 0 Å². The fraction of sp³-hybridized carbons (Fsp3) is 0.438. The first-order chi connectivity index (χ1) is 11.7. The molecule has 0 unspecified atom stereocenters. The lowest BCUT2D eigenvalue weighted by molar-refractivity contribution is 0.143. The number of hydrogen-bond donors (Lipinski definition) is 2. The van der Waals surface area contributed by atoms with Gasteiger partial charge in [0.25, 0.3) is 0 Å². The van der Waals surface area contributed by atoms with Crippen LogP contribution in [0.4, 0.5) is 0 Å². The number of aromatic nitrogens is 3. The molecule has 2 rings (SSSR count). The van der Waals surface area contributed by atoms with Gasteiger partial charge in [0, 0.05) is 45.7 Å². The van der Waals surface area contributed by atoms with Crippen LogP contribution in [0.5, 0.6) is 5.88 Å². The maximum Gasteiger partial charge on any atom is 0.218 e. The van der Waals surface area contributed by atoms with E-state index in [0.717, 1.165) is 11.3 Å². The lowest BCUT2D eigenvalue weighted by atomic mass is 10.2. The van der Waals surface area contributed by atoms with Crippen molar-refractivity contribution in [3.8, 4) is 5.88 Å². The van der Waals surface area contributed by atoms with E-state index in [1.54, 1.807) is 26.6 Å². The smallest absolute Gasteiger partial charge is 0.218 e. The van der Waals surface area contributed by atoms with Crippen molar-refractivity contribution < 1.29 is 9.47 Å². The number of ether oxygens (including phenoxy) is 2. The van der Waals surface area contributed by atoms with E-state index in [0.29, 0.717) is 38.1 Å². The molecule has 25 heavy (non-hydrogen) atoms. The highest BCUT2D eigenvalue weighted by atomic mass is 127. The van der Waals surface area contributed by atoms with Crippen molar-refractivity contribution in [1.82, 2.24) is 25.4 Å². The Morgan fingerprint density at radius 1 is 1.20 bits per heavy atom. The predicted octanol–water partition coefficient (Wildman–Crippen LogP) is 1.32. The minimum atomic E-state index is 0. The van der Waals surface area contributed by atoms with Gasteiger partial charge in [-0.2, -0.15) is 5.10 Å². The van der Waals surface area contributed by atoms with Gasteiger partial charge >= 0.3 is 0 Å². The highest BCUT2D eigenvalue weighted by Crippen LogP contribution is 2.13. The molecule has 0 radical (unpaired) electrons. The summed E-state index contributed by atoms with van der Waals surface area (Å²) in [5.41, 5.74) is 2.03. The van der Waals surface area contributed by atoms with E-state index < -0.39 is 0 Å². The SMILES string of the molecule is CN=C(NCc1cccnc1OCCOC)NCc1ccnn1C.I. The van der Waals surface area contributed by atoms with Crippen LogP contribution in [0.25, 0.3) is 0 Å². The molecular weight excluding hydrogens is 435 g/mol. The zero-order valence-corrected chi connectivity index (χ0v) is 17.1. The Labute approximate surface area is 165 Å². The molecule has 0 bridgehead atoms. The quantitative estimate of drug-likeness (QED) is 0.268. The molecule has 0 aliphatic rings. The van der Waals surface area contributed by atoms with E-state index in [4.69, 9.17) is 9.47 Å². The van der Waals surface area contributed by atoms with Gasteiger partial charge in [-0.25, -0.2) is 4.98 Å². The van der Waals surface area contributed by atoms with Crippen molar-refractivity contribution in [1.29, 1.82) is 0 Å². The van der Waals surface area contributed by atoms with Gasteiger partial charge in [-0.3, -0.25) is 9.67 Å². The summed E-state index contributed by atoms with van der Waals surface area (Å²) in [4.78, 5) is 8.48. The van der Waals surface area contributed by atoms with Crippen LogP contribution in [0, 0.1) is 0 Å². The van der Waals surface area contributed by atoms with Crippen molar-refractivity contribution in [2.75, 3.05) is 27.4 Å². The highest BCUT2D eigenvalue weighted by Gasteiger charge is 2.06. The van der Waals surface area contributed by atoms with Crippen molar-refractivity contribution in [3.05, 3.63) is 41.9 Å². The largest absolute Gasteiger partial charge is 0.475 e. The third-order valence-corrected chi connectivity index (χ3v) is 3.41. The van der Waals surface area contributed by atoms with E-state index in [1.165, 1.54) is 0 Å². The average Bonchev–Trinajstić information content (AvgIpc) is 3.01. The summed E-state index contributed by atoms with van der Waals surface area (Å²) in [6.07, 6.45) is 3.48. The molecule has 0 fully saturated rings. The second-order valence-electron chi connectivity index (χ2n) is 5.03. The van der Waals surface area contributed by atoms with Crippen LogP contribution in [0.2, 0.25) is 0 Å². The summed E-state index contributed by atoms with van der Waals surface area (Å²) in [5.74, 6) is 1.30. The van der Waals surface area contributed by atoms with Crippen LogP contribution >= 0.6 is 24.0 Å². The Morgan fingerprint density at radius 3 is 2.68 bits per heavy atom. The molecule has 8 nitrogen and oxygen atoms in total. The first kappa shape index (κ1) is 21.2. The van der Waals surface area contributed by atoms with Crippen LogP contribution < -0.4 is 15.4 Å². The Bertz CT molecular complexity index is 662. The van der Waals surface area contributed by atoms with Crippen LogP contribution in [-0.4, -0.2) is 48.1 Å². The summed E-state index contributed by atoms with van der Waals surface area (Å²) >= 11 is 0. The number of guanidine groups is 1. The molecule has 2 aromatic heterocycles. The fourth-order valence-corrected chi connectivity index (χ4v) is 2.06. The average molecular weight is 460 g/mol. The van der Waals surface area contributed by atoms with Crippen molar-refractivity contribution in [2.24, 2.45) is 12.0 Å². The third kappa shape index (κ3) is 6.86. The van der Waals surface area contributed by atoms with Crippen molar-refractivity contribution in [3.63, 3.8) is 0 Å². The normalized spacial score (nSPS) is 10.9. The second kappa shape index (κ2) is 11.6. The molecule has 0 aliphatic heterocycles. The Balaban J connectivity index is 0.00000312. The molecule has 2 aromatic rings. The molecule has 0 aliphatic carbocycles. The molecule has 0 atom stereocenters. The Hall–Kier alpha value is -1.88. The second-order valence-corrected chi connectivity index (χ2v) is 5.03. The number of methoxy groups -OCH3 is 1. The van der Waals surface area contributed by atoms with E-state index in [-0.39, 0.29) is 24.0 Å². The molecule has 0 spiro atoms. The number of nitrogens with one attached hydrogen (secondary N) is 2. The zero-order valence-electron chi connectivity index (χ0n) is 14.7. The van der Waals surface area contributed by atoms with Crippen LogP contribution in [0.1, 0.15) is 11.3 Å². The number of rotatable bonds is 8. The van der Waals surface area contributed by atoms with Crippen molar-refractivity contribution in [2.45, 2.75) is 13.1 Å². The first-order valence-corrected chi connectivity index (χ1v) is 7.71. The number of aliphatic imine (C=N–C) groups is 1. The summed E-state index contributed by atoms with van der Waals surface area (Å²) in [7, 11) is 5.28. The predicted molar refractivity (Wildman–Crippen MR) is 107 cm³/mol. The van der Waals surface area contributed by atoms with E-state index >= 15 is 0 Å². The standard InChI is InChI=1S/C16H24N6O2.HI/c1-17-16(20-12-14-6-8-21-22(14)2)19-11-13-5-4-7-18-15(13)24-10-9-23-3;/h4-8H,9-12H2,1-3H3,(H2,17,19,20);1H. The van der Waals surface area contributed by atoms with Gasteiger partial charge in [0.1, 0.15) is 6.61 Å². The van der Waals surface area contributed by atoms with Gasteiger partial charge in [-0.1, -0.05) is 6.07 Å². The Kier molecular flexibility index (Phi) is 9.85. The van der Waals surface area contributed by atoms with E-state index in [1.807, 2.05) is 29.9 Å². The number of aryl methyl sites for hydroxylation is 1. The van der Waals surface area contributed by atoms with Gasteiger partial charge in [-0.15, -0.1) is 24.0 Å². The molecule has 0 aromatic carbocycles. The van der Waals surface area contributed by atoms with Gasteiger partial charge in [0.05, 0.1) is 18.8 Å². The molecule has 138 valence electrons. The van der Waals surface area contributed by atoms with Gasteiger partial charge in [0.15, 0.2) is 5.96 Å². The minimum Gasteiger partial charge on any atom is -0.475 e. The molecule has 0 saturated heterocycles. The Morgan fingerprint density at radius 2 is 2.00 bits per heavy atom. The number of nitrogens with zero attached hydrogens (tertiary/aromatic N) is 4. The van der Waals surface area contributed by atoms with Crippen LogP contribution in [0.3, 0.4) is 0 Å². The number of hydrogen-bond acceptors (Lipinski definition) is 5. The first-order valence-electron chi connectivity index (χ1n) is 7.71. The molecule has 0 saturated carbocycles. The van der Waals surface area contributed by atoms with Crippen LogP contribution in [-0.2, 0) is 24.9 Å². The summed E-state index contributed by atoms with van der Waals surface area (Å²) < 4.78 is 12.4. The summed E-state index contributed by atoms with van der Waals surface area (Å²) in [5, 5.41) is 10.7. The number of pyridine rings is 1. The van der Waals surface area contributed by atoms with Gasteiger partial charge in [-0.05, 0) is 12.1 Å². The molecule has 9 heteroatoms. The van der Waals surface area contributed by atoms with Crippen LogP contribution in [0.15, 0.2) is 35.6 Å². The molecule has 0 amide bonds. The topological polar surface area (TPSA) is 85.6 Å². The third-order valence-electron chi connectivity index (χ3n) is 3.41. The van der Waals surface area contributed by atoms with Crippen molar-refractivity contribution >= 4 is 29.9 Å². The van der Waals surface area contributed by atoms with E-state index in [2.05, 4.69) is 25.7 Å². The molecular formula is C16H25IN6O2. The monoisotopic (exact) mass is 460 g/mol. The van der Waals surface area contributed by atoms with Gasteiger partial charge < -0.3 is 20.1 Å². The minimum absolute atomic E-state index is 0. The number of halogens is 1.